The van der Waals surface area contributed by atoms with Gasteiger partial charge in [-0.25, -0.2) is 9.18 Å². The Kier molecular flexibility index (Phi) is 6.99. The lowest BCUT2D eigenvalue weighted by Gasteiger charge is -2.33. The number of halogens is 2. The van der Waals surface area contributed by atoms with Crippen LogP contribution in [0.5, 0.6) is 11.5 Å². The highest BCUT2D eigenvalue weighted by molar-refractivity contribution is 6.31. The van der Waals surface area contributed by atoms with Crippen molar-refractivity contribution in [2.45, 2.75) is 13.0 Å². The predicted molar refractivity (Wildman–Crippen MR) is 109 cm³/mol. The number of carboxylic acid groups (broad SMARTS) is 1. The minimum atomic E-state index is -1.11. The van der Waals surface area contributed by atoms with Crippen molar-refractivity contribution >= 4 is 23.6 Å². The Balaban J connectivity index is 1.67. The Morgan fingerprint density at radius 1 is 1.20 bits per heavy atom. The molecule has 160 valence electrons. The summed E-state index contributed by atoms with van der Waals surface area (Å²) in [7, 11) is 1.58. The molecule has 1 fully saturated rings. The van der Waals surface area contributed by atoms with Crippen molar-refractivity contribution in [1.29, 1.82) is 0 Å². The maximum absolute atomic E-state index is 13.9. The summed E-state index contributed by atoms with van der Waals surface area (Å²) in [5, 5.41) is 9.26. The first kappa shape index (κ1) is 21.7. The van der Waals surface area contributed by atoms with Gasteiger partial charge in [-0.2, -0.15) is 0 Å². The largest absolute Gasteiger partial charge is 0.497 e. The summed E-state index contributed by atoms with van der Waals surface area (Å²) in [5.41, 5.74) is 1.28. The number of piperazine rings is 1. The predicted octanol–water partition coefficient (Wildman–Crippen LogP) is 3.43. The minimum Gasteiger partial charge on any atom is -0.497 e. The number of carbonyl (C=O) groups is 2. The van der Waals surface area contributed by atoms with E-state index in [0.717, 1.165) is 4.90 Å². The fourth-order valence-corrected chi connectivity index (χ4v) is 3.51. The van der Waals surface area contributed by atoms with Crippen molar-refractivity contribution in [3.8, 4) is 11.5 Å². The van der Waals surface area contributed by atoms with Gasteiger partial charge in [0.1, 0.15) is 30.5 Å². The van der Waals surface area contributed by atoms with E-state index in [1.165, 1.54) is 12.1 Å². The summed E-state index contributed by atoms with van der Waals surface area (Å²) >= 11 is 6.26. The average molecular weight is 437 g/mol. The van der Waals surface area contributed by atoms with E-state index < -0.39 is 11.9 Å². The molecule has 0 atom stereocenters. The van der Waals surface area contributed by atoms with Gasteiger partial charge in [0.2, 0.25) is 5.91 Å². The zero-order valence-electron chi connectivity index (χ0n) is 16.4. The first-order valence-corrected chi connectivity index (χ1v) is 9.74. The van der Waals surface area contributed by atoms with Gasteiger partial charge < -0.3 is 19.5 Å². The number of rotatable bonds is 7. The van der Waals surface area contributed by atoms with Gasteiger partial charge in [0.25, 0.3) is 0 Å². The molecule has 0 radical (unpaired) electrons. The van der Waals surface area contributed by atoms with Crippen LogP contribution in [0.25, 0.3) is 0 Å². The van der Waals surface area contributed by atoms with Crippen LogP contribution in [0.4, 0.5) is 9.18 Å². The highest BCUT2D eigenvalue weighted by Crippen LogP contribution is 2.26. The third-order valence-corrected chi connectivity index (χ3v) is 5.27. The molecule has 1 aliphatic rings. The van der Waals surface area contributed by atoms with Crippen molar-refractivity contribution in [3.05, 3.63) is 58.4 Å². The fourth-order valence-electron chi connectivity index (χ4n) is 3.23. The molecule has 7 nitrogen and oxygen atoms in total. The topological polar surface area (TPSA) is 79.3 Å². The summed E-state index contributed by atoms with van der Waals surface area (Å²) in [6.45, 7) is 0.847. The van der Waals surface area contributed by atoms with Gasteiger partial charge in [0.05, 0.1) is 12.1 Å². The van der Waals surface area contributed by atoms with Crippen LogP contribution < -0.4 is 9.47 Å². The number of amides is 2. The standard InChI is InChI=1S/C21H22ClFN2O5/c1-29-16-2-4-17(5-3-16)30-13-18-14(10-15(23)11-19(18)22)6-7-24-8-9-25(21(27)28)12-20(24)26/h2-5,10-11H,6-9,12-13H2,1H3,(H,27,28). The van der Waals surface area contributed by atoms with Gasteiger partial charge in [-0.1, -0.05) is 11.6 Å². The van der Waals surface area contributed by atoms with Crippen LogP contribution in [0.3, 0.4) is 0 Å². The van der Waals surface area contributed by atoms with Crippen molar-refractivity contribution in [3.63, 3.8) is 0 Å². The lowest BCUT2D eigenvalue weighted by molar-refractivity contribution is -0.135. The second-order valence-corrected chi connectivity index (χ2v) is 7.23. The average Bonchev–Trinajstić information content (AvgIpc) is 2.72. The molecule has 0 unspecified atom stereocenters. The molecule has 0 saturated carbocycles. The number of methoxy groups -OCH3 is 1. The number of carbonyl (C=O) groups excluding carboxylic acids is 1. The molecule has 1 aliphatic heterocycles. The van der Waals surface area contributed by atoms with E-state index in [2.05, 4.69) is 0 Å². The molecule has 2 aromatic carbocycles. The number of nitrogens with zero attached hydrogens (tertiary/aromatic N) is 2. The highest BCUT2D eigenvalue weighted by Gasteiger charge is 2.26. The van der Waals surface area contributed by atoms with E-state index in [9.17, 15) is 14.0 Å². The maximum Gasteiger partial charge on any atom is 0.407 e. The summed E-state index contributed by atoms with van der Waals surface area (Å²) in [4.78, 5) is 25.9. The van der Waals surface area contributed by atoms with E-state index in [1.54, 1.807) is 36.3 Å². The molecule has 1 saturated heterocycles. The van der Waals surface area contributed by atoms with E-state index in [0.29, 0.717) is 42.1 Å². The van der Waals surface area contributed by atoms with E-state index >= 15 is 0 Å². The summed E-state index contributed by atoms with van der Waals surface area (Å²) in [6, 6.07) is 9.67. The number of benzene rings is 2. The summed E-state index contributed by atoms with van der Waals surface area (Å²) in [5.74, 6) is 0.574. The second-order valence-electron chi connectivity index (χ2n) is 6.82. The molecular formula is C21H22ClFN2O5. The number of hydrogen-bond donors (Lipinski definition) is 1. The number of hydrogen-bond acceptors (Lipinski definition) is 4. The van der Waals surface area contributed by atoms with Crippen LogP contribution in [-0.2, 0) is 17.8 Å². The zero-order valence-corrected chi connectivity index (χ0v) is 17.2. The summed E-state index contributed by atoms with van der Waals surface area (Å²) < 4.78 is 24.9. The highest BCUT2D eigenvalue weighted by atomic mass is 35.5. The smallest absolute Gasteiger partial charge is 0.407 e. The fraction of sp³-hybridized carbons (Fsp3) is 0.333. The Morgan fingerprint density at radius 3 is 2.53 bits per heavy atom. The van der Waals surface area contributed by atoms with Crippen LogP contribution in [0.2, 0.25) is 5.02 Å². The Bertz CT molecular complexity index is 922. The Labute approximate surface area is 178 Å². The monoisotopic (exact) mass is 436 g/mol. The number of ether oxygens (including phenoxy) is 2. The molecule has 0 spiro atoms. The zero-order chi connectivity index (χ0) is 21.7. The van der Waals surface area contributed by atoms with Gasteiger partial charge >= 0.3 is 6.09 Å². The first-order chi connectivity index (χ1) is 14.4. The molecule has 3 rings (SSSR count). The van der Waals surface area contributed by atoms with Crippen molar-refractivity contribution < 1.29 is 28.6 Å². The molecule has 1 N–H and O–H groups in total. The summed E-state index contributed by atoms with van der Waals surface area (Å²) in [6.07, 6.45) is -0.740. The molecule has 0 bridgehead atoms. The quantitative estimate of drug-likeness (QED) is 0.719. The lowest BCUT2D eigenvalue weighted by atomic mass is 10.0. The molecule has 0 aliphatic carbocycles. The minimum absolute atomic E-state index is 0.140. The van der Waals surface area contributed by atoms with E-state index in [4.69, 9.17) is 26.2 Å². The first-order valence-electron chi connectivity index (χ1n) is 9.36. The van der Waals surface area contributed by atoms with Gasteiger partial charge in [-0.3, -0.25) is 9.69 Å². The van der Waals surface area contributed by atoms with Crippen LogP contribution in [0.1, 0.15) is 11.1 Å². The second kappa shape index (κ2) is 9.67. The molecule has 2 amide bonds. The lowest BCUT2D eigenvalue weighted by Crippen LogP contribution is -2.52. The molecular weight excluding hydrogens is 415 g/mol. The normalized spacial score (nSPS) is 14.0. The van der Waals surface area contributed by atoms with E-state index in [1.807, 2.05) is 0 Å². The van der Waals surface area contributed by atoms with Crippen LogP contribution >= 0.6 is 11.6 Å². The molecule has 30 heavy (non-hydrogen) atoms. The van der Waals surface area contributed by atoms with Crippen molar-refractivity contribution in [2.24, 2.45) is 0 Å². The third-order valence-electron chi connectivity index (χ3n) is 4.94. The van der Waals surface area contributed by atoms with Gasteiger partial charge in [-0.15, -0.1) is 0 Å². The van der Waals surface area contributed by atoms with Crippen molar-refractivity contribution in [1.82, 2.24) is 9.80 Å². The van der Waals surface area contributed by atoms with Crippen LogP contribution in [0, 0.1) is 5.82 Å². The third kappa shape index (κ3) is 5.33. The van der Waals surface area contributed by atoms with Crippen LogP contribution in [0.15, 0.2) is 36.4 Å². The Morgan fingerprint density at radius 2 is 1.90 bits per heavy atom. The van der Waals surface area contributed by atoms with Crippen molar-refractivity contribution in [2.75, 3.05) is 33.3 Å². The Hall–Kier alpha value is -3.00. The van der Waals surface area contributed by atoms with E-state index in [-0.39, 0.29) is 30.6 Å². The molecule has 9 heteroatoms. The maximum atomic E-state index is 13.9. The molecule has 1 heterocycles. The SMILES string of the molecule is COc1ccc(OCc2c(Cl)cc(F)cc2CCN2CCN(C(=O)O)CC2=O)cc1. The molecule has 2 aromatic rings. The van der Waals surface area contributed by atoms with Gasteiger partial charge in [0.15, 0.2) is 0 Å². The molecule has 0 aromatic heterocycles. The van der Waals surface area contributed by atoms with Gasteiger partial charge in [-0.05, 0) is 48.4 Å². The van der Waals surface area contributed by atoms with Gasteiger partial charge in [0, 0.05) is 25.2 Å². The van der Waals surface area contributed by atoms with Crippen LogP contribution in [-0.4, -0.2) is 60.2 Å².